The number of likely N-dealkylation sites (tertiary alicyclic amines) is 1. The summed E-state index contributed by atoms with van der Waals surface area (Å²) < 4.78 is 86.0. The van der Waals surface area contributed by atoms with Crippen LogP contribution in [0.1, 0.15) is 105 Å². The Kier molecular flexibility index (Phi) is 14.6. The Morgan fingerprint density at radius 2 is 1.80 bits per heavy atom. The number of nitrogens with two attached hydrogens (primary N) is 1. The van der Waals surface area contributed by atoms with E-state index in [9.17, 15) is 40.8 Å². The molecule has 7 atom stereocenters. The van der Waals surface area contributed by atoms with E-state index < -0.39 is 92.5 Å². The first-order valence-electron chi connectivity index (χ1n) is 20.4. The maximum absolute atomic E-state index is 14.5. The number of alkyl carbamates (subject to hydrolysis) is 1. The number of halogens is 3. The monoisotopic (exact) mass is 867 g/mol. The van der Waals surface area contributed by atoms with Crippen LogP contribution in [0.2, 0.25) is 0 Å². The van der Waals surface area contributed by atoms with Crippen molar-refractivity contribution in [1.29, 1.82) is 0 Å². The van der Waals surface area contributed by atoms with E-state index in [1.54, 1.807) is 20.8 Å². The topological polar surface area (TPSA) is 222 Å². The number of pyridine rings is 1. The lowest BCUT2D eigenvalue weighted by molar-refractivity contribution is -0.143. The Labute approximate surface area is 348 Å². The molecule has 0 spiro atoms. The lowest BCUT2D eigenvalue weighted by Gasteiger charge is -2.33. The molecule has 4 N–H and O–H groups in total. The molecule has 3 fully saturated rings. The van der Waals surface area contributed by atoms with E-state index in [0.29, 0.717) is 44.9 Å². The number of primary amides is 1. The van der Waals surface area contributed by atoms with Crippen molar-refractivity contribution in [3.05, 3.63) is 30.1 Å². The average molecular weight is 868 g/mol. The van der Waals surface area contributed by atoms with Gasteiger partial charge in [-0.3, -0.25) is 19.1 Å². The van der Waals surface area contributed by atoms with E-state index in [-0.39, 0.29) is 41.7 Å². The molecular weight excluding hydrogens is 812 g/mol. The number of amides is 4. The number of nitrogens with zero attached hydrogens (tertiary/aromatic N) is 4. The Morgan fingerprint density at radius 1 is 1.08 bits per heavy atom. The summed E-state index contributed by atoms with van der Waals surface area (Å²) in [6.07, 6.45) is 3.29. The predicted molar refractivity (Wildman–Crippen MR) is 213 cm³/mol. The summed E-state index contributed by atoms with van der Waals surface area (Å²) in [5, 5.41) is 2.22. The number of alkyl halides is 3. The molecule has 1 unspecified atom stereocenters. The zero-order valence-corrected chi connectivity index (χ0v) is 35.6. The number of aromatic nitrogens is 3. The minimum Gasteiger partial charge on any atom is -0.481 e. The van der Waals surface area contributed by atoms with Gasteiger partial charge in [-0.15, -0.1) is 0 Å². The van der Waals surface area contributed by atoms with E-state index in [4.69, 9.17) is 19.9 Å². The Bertz CT molecular complexity index is 2040. The van der Waals surface area contributed by atoms with Gasteiger partial charge in [0, 0.05) is 18.4 Å². The van der Waals surface area contributed by atoms with Gasteiger partial charge in [0.1, 0.15) is 29.3 Å². The molecule has 0 bridgehead atoms. The van der Waals surface area contributed by atoms with Crippen LogP contribution in [-0.4, -0.2) is 94.8 Å². The Balaban J connectivity index is 1.30. The number of allylic oxidation sites excluding steroid dienone is 2. The van der Waals surface area contributed by atoms with Crippen molar-refractivity contribution in [1.82, 2.24) is 29.9 Å². The highest BCUT2D eigenvalue weighted by molar-refractivity contribution is 7.90. The molecule has 4 amide bonds. The zero-order valence-electron chi connectivity index (χ0n) is 34.8. The van der Waals surface area contributed by atoms with Crippen LogP contribution >= 0.6 is 0 Å². The number of hydrogen-bond donors (Lipinski definition) is 3. The third-order valence-corrected chi connectivity index (χ3v) is 12.9. The van der Waals surface area contributed by atoms with Crippen LogP contribution in [0, 0.1) is 23.7 Å². The second-order valence-corrected chi connectivity index (χ2v) is 19.0. The molecule has 2 saturated carbocycles. The predicted octanol–water partition coefficient (Wildman–Crippen LogP) is 5.19. The summed E-state index contributed by atoms with van der Waals surface area (Å²) in [5.41, 5.74) is 3.27. The fourth-order valence-electron chi connectivity index (χ4n) is 7.90. The number of ether oxygens (including phenoxy) is 3. The van der Waals surface area contributed by atoms with Crippen LogP contribution in [0.5, 0.6) is 11.8 Å². The van der Waals surface area contributed by atoms with Crippen LogP contribution in [0.4, 0.5) is 18.0 Å². The van der Waals surface area contributed by atoms with Crippen molar-refractivity contribution < 1.29 is 55.0 Å². The van der Waals surface area contributed by atoms with Gasteiger partial charge < -0.3 is 30.2 Å². The lowest BCUT2D eigenvalue weighted by atomic mass is 9.84. The molecule has 3 aliphatic rings. The summed E-state index contributed by atoms with van der Waals surface area (Å²) in [7, 11) is -2.30. The fourth-order valence-corrected chi connectivity index (χ4v) is 9.25. The molecule has 2 aliphatic carbocycles. The summed E-state index contributed by atoms with van der Waals surface area (Å²) in [5.74, 6) is -3.79. The molecular formula is C40H56F3N7O9S. The molecule has 3 heterocycles. The number of carbonyl (C=O) groups excluding carboxylic acids is 4. The first-order chi connectivity index (χ1) is 28.1. The maximum Gasteiger partial charge on any atom is 0.438 e. The van der Waals surface area contributed by atoms with Crippen molar-refractivity contribution in [2.24, 2.45) is 29.4 Å². The number of carbonyl (C=O) groups is 4. The third kappa shape index (κ3) is 12.0. The molecule has 0 radical (unpaired) electrons. The lowest BCUT2D eigenvalue weighted by Crippen LogP contribution is -2.56. The van der Waals surface area contributed by atoms with E-state index in [1.165, 1.54) is 13.2 Å². The smallest absolute Gasteiger partial charge is 0.438 e. The van der Waals surface area contributed by atoms with Crippen LogP contribution in [0.3, 0.4) is 0 Å². The SMILES string of the molecule is CC[C@H](C[C@H](C)CC/C=C\[C@@H]1CCCC1C(=O)NS(=O)(=O)C1CC1)[C@H](NC(=O)OC(C)(C)C)C(=O)N1C[C@H](Oc2nc3cc(OC)ncc3nc2C(F)(F)F)C[C@H]1C(N)=O. The van der Waals surface area contributed by atoms with Gasteiger partial charge in [0.2, 0.25) is 45.2 Å². The summed E-state index contributed by atoms with van der Waals surface area (Å²) >= 11 is 0. The van der Waals surface area contributed by atoms with Crippen LogP contribution in [0.15, 0.2) is 24.4 Å². The standard InChI is InChI=1S/C40H56F3N7O9S/c1-7-23(17-22(2)11-8-9-12-24-13-10-14-27(24)35(52)49-60(55,56)26-15-16-26)32(48-38(54)59-39(3,4)5)37(53)50-21-25(18-30(50)34(44)51)58-36-33(40(41,42)43)46-29-20-45-31(57-6)19-28(29)47-36/h9,12,19-20,22-27,30,32H,7-8,10-11,13-18,21H2,1-6H3,(H2,44,51)(H,48,54)(H,49,52)/b12-9-/t22-,23-,24-,25-,27?,30+,32+/m1/s1. The minimum absolute atomic E-state index is 0.00570. The van der Waals surface area contributed by atoms with Gasteiger partial charge in [-0.05, 0) is 83.5 Å². The van der Waals surface area contributed by atoms with E-state index in [1.807, 2.05) is 26.0 Å². The van der Waals surface area contributed by atoms with Gasteiger partial charge >= 0.3 is 12.3 Å². The van der Waals surface area contributed by atoms with Gasteiger partial charge in [0.15, 0.2) is 0 Å². The molecule has 332 valence electrons. The first kappa shape index (κ1) is 46.3. The van der Waals surface area contributed by atoms with Crippen molar-refractivity contribution in [2.45, 2.75) is 134 Å². The fraction of sp³-hybridized carbons (Fsp3) is 0.675. The number of rotatable bonds is 17. The van der Waals surface area contributed by atoms with Gasteiger partial charge in [-0.2, -0.15) is 13.2 Å². The number of hydrogen-bond acceptors (Lipinski definition) is 12. The highest BCUT2D eigenvalue weighted by Crippen LogP contribution is 2.38. The van der Waals surface area contributed by atoms with Gasteiger partial charge in [0.05, 0.1) is 30.6 Å². The second-order valence-electron chi connectivity index (χ2n) is 17.0. The van der Waals surface area contributed by atoms with Gasteiger partial charge in [-0.25, -0.2) is 28.2 Å². The number of methoxy groups -OCH3 is 1. The van der Waals surface area contributed by atoms with Crippen molar-refractivity contribution in [3.8, 4) is 11.8 Å². The van der Waals surface area contributed by atoms with Crippen LogP contribution in [-0.2, 0) is 35.3 Å². The minimum atomic E-state index is -4.98. The molecule has 2 aromatic heterocycles. The molecule has 5 rings (SSSR count). The van der Waals surface area contributed by atoms with Crippen molar-refractivity contribution in [3.63, 3.8) is 0 Å². The molecule has 2 aromatic rings. The Hall–Kier alpha value is -4.75. The number of sulfonamides is 1. The van der Waals surface area contributed by atoms with E-state index in [0.717, 1.165) is 23.9 Å². The molecule has 60 heavy (non-hydrogen) atoms. The number of nitrogens with one attached hydrogen (secondary N) is 2. The Morgan fingerprint density at radius 3 is 2.42 bits per heavy atom. The van der Waals surface area contributed by atoms with Gasteiger partial charge in [0.25, 0.3) is 0 Å². The van der Waals surface area contributed by atoms with E-state index >= 15 is 0 Å². The summed E-state index contributed by atoms with van der Waals surface area (Å²) in [6, 6.07) is -1.20. The molecule has 16 nitrogen and oxygen atoms in total. The van der Waals surface area contributed by atoms with Crippen molar-refractivity contribution >= 4 is 44.9 Å². The van der Waals surface area contributed by atoms with Crippen LogP contribution in [0.25, 0.3) is 11.0 Å². The molecule has 20 heteroatoms. The highest BCUT2D eigenvalue weighted by Gasteiger charge is 2.46. The van der Waals surface area contributed by atoms with Crippen LogP contribution < -0.4 is 25.2 Å². The largest absolute Gasteiger partial charge is 0.481 e. The normalized spacial score (nSPS) is 22.6. The first-order valence-corrected chi connectivity index (χ1v) is 21.9. The van der Waals surface area contributed by atoms with E-state index in [2.05, 4.69) is 25.0 Å². The molecule has 1 saturated heterocycles. The summed E-state index contributed by atoms with van der Waals surface area (Å²) in [4.78, 5) is 66.1. The van der Waals surface area contributed by atoms with Gasteiger partial charge in [-0.1, -0.05) is 38.8 Å². The molecule has 0 aromatic carbocycles. The molecule has 1 aliphatic heterocycles. The maximum atomic E-state index is 14.5. The number of fused-ring (bicyclic) bond motifs is 1. The second kappa shape index (κ2) is 18.9. The van der Waals surface area contributed by atoms with Crippen molar-refractivity contribution in [2.75, 3.05) is 13.7 Å². The quantitative estimate of drug-likeness (QED) is 0.175. The zero-order chi connectivity index (χ0) is 44.2. The summed E-state index contributed by atoms with van der Waals surface area (Å²) in [6.45, 7) is 8.49. The third-order valence-electron chi connectivity index (χ3n) is 11.1. The average Bonchev–Trinajstić information content (AvgIpc) is 3.79. The highest BCUT2D eigenvalue weighted by atomic mass is 32.2.